The average Bonchev–Trinajstić information content (AvgIpc) is 2.21. The van der Waals surface area contributed by atoms with Crippen LogP contribution in [-0.4, -0.2) is 21.1 Å². The third kappa shape index (κ3) is 10.1. The van der Waals surface area contributed by atoms with Gasteiger partial charge in [0.05, 0.1) is 0 Å². The van der Waals surface area contributed by atoms with E-state index >= 15 is 0 Å². The summed E-state index contributed by atoms with van der Waals surface area (Å²) in [5, 5.41) is 0. The highest BCUT2D eigenvalue weighted by Crippen LogP contribution is 2.38. The molecule has 0 bridgehead atoms. The zero-order valence-corrected chi connectivity index (χ0v) is 16.5. The fourth-order valence-corrected chi connectivity index (χ4v) is 7.53. The van der Waals surface area contributed by atoms with Gasteiger partial charge in [0, 0.05) is 25.1 Å². The van der Waals surface area contributed by atoms with Crippen LogP contribution in [0.4, 0.5) is 0 Å². The SMILES string of the molecule is CCCCC(=O)O[Si](CC(C)(C)C)(CC(C)(C)C)OCC. The maximum atomic E-state index is 12.2. The number of hydrogen-bond donors (Lipinski definition) is 0. The molecule has 3 nitrogen and oxygen atoms in total. The minimum absolute atomic E-state index is 0.0783. The molecule has 0 heterocycles. The van der Waals surface area contributed by atoms with Gasteiger partial charge >= 0.3 is 8.56 Å². The van der Waals surface area contributed by atoms with Crippen molar-refractivity contribution in [1.82, 2.24) is 0 Å². The Bertz CT molecular complexity index is 297. The molecule has 126 valence electrons. The molecule has 4 heteroatoms. The zero-order valence-electron chi connectivity index (χ0n) is 15.5. The molecular formula is C17H36O3Si. The number of carbonyl (C=O) groups excluding carboxylic acids is 1. The summed E-state index contributed by atoms with van der Waals surface area (Å²) in [5.74, 6) is -0.0783. The van der Waals surface area contributed by atoms with Crippen molar-refractivity contribution in [3.8, 4) is 0 Å². The Morgan fingerprint density at radius 1 is 0.952 bits per heavy atom. The third-order valence-electron chi connectivity index (χ3n) is 3.04. The van der Waals surface area contributed by atoms with Gasteiger partial charge in [-0.05, 0) is 24.2 Å². The first-order valence-electron chi connectivity index (χ1n) is 8.29. The Labute approximate surface area is 133 Å². The lowest BCUT2D eigenvalue weighted by molar-refractivity contribution is -0.137. The Hall–Kier alpha value is -0.353. The molecule has 0 unspecified atom stereocenters. The summed E-state index contributed by atoms with van der Waals surface area (Å²) in [4.78, 5) is 12.2. The summed E-state index contributed by atoms with van der Waals surface area (Å²) in [6, 6.07) is 1.70. The summed E-state index contributed by atoms with van der Waals surface area (Å²) in [6.07, 6.45) is 2.41. The lowest BCUT2D eigenvalue weighted by atomic mass is 10.00. The van der Waals surface area contributed by atoms with E-state index in [2.05, 4.69) is 48.5 Å². The quantitative estimate of drug-likeness (QED) is 0.571. The molecule has 0 N–H and O–H groups in total. The van der Waals surface area contributed by atoms with Gasteiger partial charge in [-0.2, -0.15) is 0 Å². The molecule has 0 fully saturated rings. The number of unbranched alkanes of at least 4 members (excludes halogenated alkanes) is 1. The molecule has 0 aromatic rings. The number of hydrogen-bond acceptors (Lipinski definition) is 3. The van der Waals surface area contributed by atoms with Crippen LogP contribution in [0.15, 0.2) is 0 Å². The standard InChI is InChI=1S/C17H36O3Si/c1-9-11-12-15(18)20-21(19-10-2,13-16(3,4)5)14-17(6,7)8/h9-14H2,1-8H3. The van der Waals surface area contributed by atoms with Crippen molar-refractivity contribution in [1.29, 1.82) is 0 Å². The Morgan fingerprint density at radius 2 is 1.43 bits per heavy atom. The van der Waals surface area contributed by atoms with E-state index in [0.717, 1.165) is 24.9 Å². The highest BCUT2D eigenvalue weighted by Gasteiger charge is 2.47. The minimum atomic E-state index is -2.53. The monoisotopic (exact) mass is 316 g/mol. The first-order chi connectivity index (χ1) is 9.43. The molecular weight excluding hydrogens is 280 g/mol. The first kappa shape index (κ1) is 20.6. The molecule has 0 aromatic heterocycles. The second kappa shape index (κ2) is 8.32. The lowest BCUT2D eigenvalue weighted by Crippen LogP contribution is -2.49. The van der Waals surface area contributed by atoms with Crippen LogP contribution in [0.1, 0.15) is 74.7 Å². The van der Waals surface area contributed by atoms with Crippen molar-refractivity contribution in [2.45, 2.75) is 86.7 Å². The van der Waals surface area contributed by atoms with E-state index in [9.17, 15) is 4.79 Å². The van der Waals surface area contributed by atoms with Crippen LogP contribution in [0.25, 0.3) is 0 Å². The van der Waals surface area contributed by atoms with Gasteiger partial charge < -0.3 is 8.85 Å². The van der Waals surface area contributed by atoms with Crippen LogP contribution in [0.2, 0.25) is 12.1 Å². The van der Waals surface area contributed by atoms with Crippen molar-refractivity contribution < 1.29 is 13.6 Å². The largest absolute Gasteiger partial charge is 0.494 e. The average molecular weight is 317 g/mol. The van der Waals surface area contributed by atoms with Crippen LogP contribution in [-0.2, 0) is 13.6 Å². The molecule has 0 saturated heterocycles. The van der Waals surface area contributed by atoms with Crippen LogP contribution < -0.4 is 0 Å². The van der Waals surface area contributed by atoms with Crippen molar-refractivity contribution in [2.75, 3.05) is 6.61 Å². The van der Waals surface area contributed by atoms with Gasteiger partial charge in [0.2, 0.25) is 0 Å². The molecule has 21 heavy (non-hydrogen) atoms. The van der Waals surface area contributed by atoms with E-state index in [1.165, 1.54) is 0 Å². The van der Waals surface area contributed by atoms with Gasteiger partial charge in [-0.1, -0.05) is 54.9 Å². The molecule has 0 radical (unpaired) electrons. The van der Waals surface area contributed by atoms with Crippen molar-refractivity contribution >= 4 is 14.5 Å². The van der Waals surface area contributed by atoms with Gasteiger partial charge in [-0.3, -0.25) is 4.79 Å². The van der Waals surface area contributed by atoms with E-state index < -0.39 is 8.56 Å². The van der Waals surface area contributed by atoms with Gasteiger partial charge in [-0.25, -0.2) is 0 Å². The van der Waals surface area contributed by atoms with Crippen molar-refractivity contribution in [2.24, 2.45) is 10.8 Å². The van der Waals surface area contributed by atoms with E-state index in [4.69, 9.17) is 8.85 Å². The third-order valence-corrected chi connectivity index (χ3v) is 7.65. The summed E-state index contributed by atoms with van der Waals surface area (Å²) in [6.45, 7) is 17.8. The molecule has 0 saturated carbocycles. The van der Waals surface area contributed by atoms with Crippen LogP contribution >= 0.6 is 0 Å². The molecule has 0 aliphatic carbocycles. The summed E-state index contributed by atoms with van der Waals surface area (Å²) in [7, 11) is -2.53. The predicted octanol–water partition coefficient (Wildman–Crippen LogP) is 5.29. The molecule has 0 spiro atoms. The molecule has 0 amide bonds. The zero-order chi connectivity index (χ0) is 16.7. The smallest absolute Gasteiger partial charge is 0.402 e. The fourth-order valence-electron chi connectivity index (χ4n) is 2.72. The molecule has 0 aromatic carbocycles. The normalized spacial score (nSPS) is 13.3. The molecule has 0 rings (SSSR count). The Kier molecular flexibility index (Phi) is 8.18. The summed E-state index contributed by atoms with van der Waals surface area (Å²) < 4.78 is 12.1. The topological polar surface area (TPSA) is 35.5 Å². The van der Waals surface area contributed by atoms with Crippen LogP contribution in [0.5, 0.6) is 0 Å². The molecule has 0 atom stereocenters. The number of carbonyl (C=O) groups is 1. The second-order valence-electron chi connectivity index (χ2n) is 8.40. The lowest BCUT2D eigenvalue weighted by Gasteiger charge is -2.38. The van der Waals surface area contributed by atoms with Gasteiger partial charge in [0.15, 0.2) is 0 Å². The summed E-state index contributed by atoms with van der Waals surface area (Å²) >= 11 is 0. The minimum Gasteiger partial charge on any atom is -0.494 e. The van der Waals surface area contributed by atoms with E-state index in [1.807, 2.05) is 6.92 Å². The Morgan fingerprint density at radius 3 is 1.76 bits per heavy atom. The predicted molar refractivity (Wildman–Crippen MR) is 91.5 cm³/mol. The maximum absolute atomic E-state index is 12.2. The van der Waals surface area contributed by atoms with E-state index in [-0.39, 0.29) is 16.8 Å². The molecule has 0 aliphatic rings. The van der Waals surface area contributed by atoms with Gasteiger partial charge in [-0.15, -0.1) is 0 Å². The van der Waals surface area contributed by atoms with Crippen LogP contribution in [0, 0.1) is 10.8 Å². The van der Waals surface area contributed by atoms with Crippen molar-refractivity contribution in [3.63, 3.8) is 0 Å². The first-order valence-corrected chi connectivity index (χ1v) is 10.5. The highest BCUT2D eigenvalue weighted by molar-refractivity contribution is 6.69. The number of rotatable bonds is 8. The van der Waals surface area contributed by atoms with Crippen molar-refractivity contribution in [3.05, 3.63) is 0 Å². The van der Waals surface area contributed by atoms with Crippen LogP contribution in [0.3, 0.4) is 0 Å². The van der Waals surface area contributed by atoms with E-state index in [1.54, 1.807) is 0 Å². The molecule has 0 aliphatic heterocycles. The fraction of sp³-hybridized carbons (Fsp3) is 0.941. The second-order valence-corrected chi connectivity index (χ2v) is 11.4. The highest BCUT2D eigenvalue weighted by atomic mass is 28.4. The van der Waals surface area contributed by atoms with Gasteiger partial charge in [0.25, 0.3) is 5.97 Å². The van der Waals surface area contributed by atoms with E-state index in [0.29, 0.717) is 13.0 Å². The van der Waals surface area contributed by atoms with Gasteiger partial charge in [0.1, 0.15) is 0 Å². The maximum Gasteiger partial charge on any atom is 0.402 e. The Balaban J connectivity index is 5.21. The summed E-state index contributed by atoms with van der Waals surface area (Å²) in [5.41, 5.74) is 0.190.